The molecule has 11 heteroatoms. The van der Waals surface area contributed by atoms with Crippen molar-refractivity contribution in [3.8, 4) is 5.75 Å². The minimum atomic E-state index is -4.24. The Labute approximate surface area is 280 Å². The molecule has 1 atom stereocenters. The van der Waals surface area contributed by atoms with Crippen LogP contribution < -0.4 is 14.4 Å². The average molecular weight is 683 g/mol. The molecule has 0 fully saturated rings. The largest absolute Gasteiger partial charge is 0.494 e. The topological polar surface area (TPSA) is 96.0 Å². The molecule has 0 radical (unpaired) electrons. The van der Waals surface area contributed by atoms with E-state index in [0.29, 0.717) is 40.2 Å². The standard InChI is InChI=1S/C35H37Cl2N3O5S/c1-4-38-35(42)33(21-26-9-7-6-8-10-26)39(23-27-13-14-28(36)22-32(27)37)34(41)24-40(29-15-11-25(3)12-16-29)46(43,44)31-19-17-30(18-20-31)45-5-2/h6-20,22,33H,4-5,21,23-24H2,1-3H3,(H,38,42)/t33-/m1/s1. The van der Waals surface area contributed by atoms with E-state index < -0.39 is 28.5 Å². The second kappa shape index (κ2) is 16.0. The van der Waals surface area contributed by atoms with Crippen LogP contribution in [-0.4, -0.2) is 50.9 Å². The molecular formula is C35H37Cl2N3O5S. The number of nitrogens with zero attached hydrogens (tertiary/aromatic N) is 2. The molecule has 2 amide bonds. The molecule has 0 saturated heterocycles. The van der Waals surface area contributed by atoms with E-state index in [2.05, 4.69) is 5.32 Å². The van der Waals surface area contributed by atoms with Crippen molar-refractivity contribution in [3.63, 3.8) is 0 Å². The fourth-order valence-corrected chi connectivity index (χ4v) is 6.80. The number of likely N-dealkylation sites (N-methyl/N-ethyl adjacent to an activating group) is 1. The molecule has 242 valence electrons. The molecule has 0 bridgehead atoms. The number of anilines is 1. The summed E-state index contributed by atoms with van der Waals surface area (Å²) in [5.74, 6) is -0.439. The van der Waals surface area contributed by atoms with Crippen LogP contribution in [0.1, 0.15) is 30.5 Å². The van der Waals surface area contributed by atoms with Crippen molar-refractivity contribution < 1.29 is 22.7 Å². The summed E-state index contributed by atoms with van der Waals surface area (Å²) in [6, 6.07) is 26.2. The highest BCUT2D eigenvalue weighted by molar-refractivity contribution is 7.92. The number of hydrogen-bond donors (Lipinski definition) is 1. The van der Waals surface area contributed by atoms with E-state index in [-0.39, 0.29) is 23.8 Å². The maximum absolute atomic E-state index is 14.5. The number of nitrogens with one attached hydrogen (secondary N) is 1. The van der Waals surface area contributed by atoms with E-state index in [4.69, 9.17) is 27.9 Å². The zero-order chi connectivity index (χ0) is 33.3. The number of carbonyl (C=O) groups is 2. The van der Waals surface area contributed by atoms with Gasteiger partial charge in [0.1, 0.15) is 18.3 Å². The zero-order valence-corrected chi connectivity index (χ0v) is 28.3. The summed E-state index contributed by atoms with van der Waals surface area (Å²) in [7, 11) is -4.24. The first-order valence-electron chi connectivity index (χ1n) is 14.9. The Bertz CT molecular complexity index is 1730. The molecule has 0 heterocycles. The third-order valence-corrected chi connectivity index (χ3v) is 9.68. The lowest BCUT2D eigenvalue weighted by Crippen LogP contribution is -2.53. The normalized spacial score (nSPS) is 11.8. The minimum Gasteiger partial charge on any atom is -0.494 e. The summed E-state index contributed by atoms with van der Waals surface area (Å²) in [6.45, 7) is 5.66. The van der Waals surface area contributed by atoms with Gasteiger partial charge >= 0.3 is 0 Å². The molecule has 4 aromatic carbocycles. The number of amides is 2. The van der Waals surface area contributed by atoms with Crippen molar-refractivity contribution in [2.24, 2.45) is 0 Å². The van der Waals surface area contributed by atoms with Crippen molar-refractivity contribution in [2.75, 3.05) is 24.0 Å². The SMILES string of the molecule is CCNC(=O)[C@@H](Cc1ccccc1)N(Cc1ccc(Cl)cc1Cl)C(=O)CN(c1ccc(C)cc1)S(=O)(=O)c1ccc(OCC)cc1. The van der Waals surface area contributed by atoms with Gasteiger partial charge in [-0.25, -0.2) is 8.42 Å². The Kier molecular flexibility index (Phi) is 12.1. The van der Waals surface area contributed by atoms with Crippen LogP contribution in [0.2, 0.25) is 10.0 Å². The molecule has 0 aliphatic rings. The highest BCUT2D eigenvalue weighted by Crippen LogP contribution is 2.28. The fraction of sp³-hybridized carbons (Fsp3) is 0.257. The molecule has 0 spiro atoms. The number of rotatable bonds is 14. The number of benzene rings is 4. The second-order valence-corrected chi connectivity index (χ2v) is 13.3. The first-order valence-corrected chi connectivity index (χ1v) is 17.1. The smallest absolute Gasteiger partial charge is 0.264 e. The van der Waals surface area contributed by atoms with Crippen LogP contribution in [-0.2, 0) is 32.6 Å². The molecule has 4 rings (SSSR count). The van der Waals surface area contributed by atoms with Gasteiger partial charge in [0, 0.05) is 29.6 Å². The Morgan fingerprint density at radius 3 is 2.17 bits per heavy atom. The van der Waals surface area contributed by atoms with Gasteiger partial charge in [0.05, 0.1) is 17.2 Å². The monoisotopic (exact) mass is 681 g/mol. The van der Waals surface area contributed by atoms with Gasteiger partial charge in [-0.05, 0) is 80.4 Å². The van der Waals surface area contributed by atoms with Crippen molar-refractivity contribution in [2.45, 2.75) is 44.7 Å². The summed E-state index contributed by atoms with van der Waals surface area (Å²) in [4.78, 5) is 29.5. The fourth-order valence-electron chi connectivity index (χ4n) is 4.92. The quantitative estimate of drug-likeness (QED) is 0.160. The number of halogens is 2. The van der Waals surface area contributed by atoms with Gasteiger partial charge in [0.15, 0.2) is 0 Å². The third-order valence-electron chi connectivity index (χ3n) is 7.30. The molecule has 4 aromatic rings. The molecule has 0 unspecified atom stereocenters. The maximum Gasteiger partial charge on any atom is 0.264 e. The van der Waals surface area contributed by atoms with Crippen molar-refractivity contribution in [1.29, 1.82) is 0 Å². The number of hydrogen-bond acceptors (Lipinski definition) is 5. The first-order chi connectivity index (χ1) is 22.0. The number of sulfonamides is 1. The molecule has 8 nitrogen and oxygen atoms in total. The van der Waals surface area contributed by atoms with Gasteiger partial charge in [-0.3, -0.25) is 13.9 Å². The van der Waals surface area contributed by atoms with E-state index in [1.165, 1.54) is 17.0 Å². The van der Waals surface area contributed by atoms with Crippen LogP contribution in [0.25, 0.3) is 0 Å². The summed E-state index contributed by atoms with van der Waals surface area (Å²) < 4.78 is 34.9. The Balaban J connectivity index is 1.80. The van der Waals surface area contributed by atoms with Crippen LogP contribution in [0.5, 0.6) is 5.75 Å². The lowest BCUT2D eigenvalue weighted by molar-refractivity contribution is -0.140. The number of aryl methyl sites for hydroxylation is 1. The van der Waals surface area contributed by atoms with Crippen molar-refractivity contribution >= 4 is 50.7 Å². The van der Waals surface area contributed by atoms with Crippen LogP contribution in [0.4, 0.5) is 5.69 Å². The van der Waals surface area contributed by atoms with E-state index in [9.17, 15) is 18.0 Å². The van der Waals surface area contributed by atoms with Gasteiger partial charge in [-0.1, -0.05) is 77.3 Å². The number of carbonyl (C=O) groups excluding carboxylic acids is 2. The maximum atomic E-state index is 14.5. The van der Waals surface area contributed by atoms with Gasteiger partial charge < -0.3 is 15.0 Å². The molecular weight excluding hydrogens is 645 g/mol. The Hall–Kier alpha value is -4.05. The summed E-state index contributed by atoms with van der Waals surface area (Å²) in [6.07, 6.45) is 0.194. The van der Waals surface area contributed by atoms with Gasteiger partial charge in [0.2, 0.25) is 11.8 Å². The summed E-state index contributed by atoms with van der Waals surface area (Å²) in [5.41, 5.74) is 2.61. The van der Waals surface area contributed by atoms with Gasteiger partial charge in [-0.2, -0.15) is 0 Å². The van der Waals surface area contributed by atoms with Crippen molar-refractivity contribution in [3.05, 3.63) is 124 Å². The molecule has 46 heavy (non-hydrogen) atoms. The van der Waals surface area contributed by atoms with E-state index in [0.717, 1.165) is 15.4 Å². The number of ether oxygens (including phenoxy) is 1. The van der Waals surface area contributed by atoms with Gasteiger partial charge in [-0.15, -0.1) is 0 Å². The van der Waals surface area contributed by atoms with Crippen LogP contribution in [0, 0.1) is 6.92 Å². The van der Waals surface area contributed by atoms with Gasteiger partial charge in [0.25, 0.3) is 10.0 Å². The molecule has 0 aliphatic heterocycles. The average Bonchev–Trinajstić information content (AvgIpc) is 3.04. The van der Waals surface area contributed by atoms with Crippen LogP contribution >= 0.6 is 23.2 Å². The lowest BCUT2D eigenvalue weighted by atomic mass is 10.0. The third kappa shape index (κ3) is 8.81. The van der Waals surface area contributed by atoms with E-state index in [1.807, 2.05) is 44.2 Å². The predicted molar refractivity (Wildman–Crippen MR) is 183 cm³/mol. The first kappa shape index (κ1) is 34.8. The van der Waals surface area contributed by atoms with E-state index >= 15 is 0 Å². The van der Waals surface area contributed by atoms with E-state index in [1.54, 1.807) is 61.5 Å². The minimum absolute atomic E-state index is 0.0128. The Morgan fingerprint density at radius 2 is 1.57 bits per heavy atom. The summed E-state index contributed by atoms with van der Waals surface area (Å²) in [5, 5.41) is 3.58. The molecule has 1 N–H and O–H groups in total. The Morgan fingerprint density at radius 1 is 0.891 bits per heavy atom. The van der Waals surface area contributed by atoms with Crippen LogP contribution in [0.15, 0.2) is 102 Å². The lowest BCUT2D eigenvalue weighted by Gasteiger charge is -2.34. The highest BCUT2D eigenvalue weighted by Gasteiger charge is 2.34. The highest BCUT2D eigenvalue weighted by atomic mass is 35.5. The predicted octanol–water partition coefficient (Wildman–Crippen LogP) is 6.67. The zero-order valence-electron chi connectivity index (χ0n) is 26.0. The second-order valence-electron chi connectivity index (χ2n) is 10.6. The molecule has 0 saturated carbocycles. The molecule has 0 aliphatic carbocycles. The summed E-state index contributed by atoms with van der Waals surface area (Å²) >= 11 is 12.7. The van der Waals surface area contributed by atoms with Crippen LogP contribution in [0.3, 0.4) is 0 Å². The molecule has 0 aromatic heterocycles. The van der Waals surface area contributed by atoms with Crippen molar-refractivity contribution in [1.82, 2.24) is 10.2 Å².